The van der Waals surface area contributed by atoms with Crippen LogP contribution in [0.5, 0.6) is 0 Å². The summed E-state index contributed by atoms with van der Waals surface area (Å²) in [6, 6.07) is 1.04. The van der Waals surface area contributed by atoms with Crippen molar-refractivity contribution in [1.82, 2.24) is 0 Å². The average molecular weight is 285 g/mol. The summed E-state index contributed by atoms with van der Waals surface area (Å²) in [5.74, 6) is 1.63. The van der Waals surface area contributed by atoms with Gasteiger partial charge < -0.3 is 11.5 Å². The first kappa shape index (κ1) is 19.8. The summed E-state index contributed by atoms with van der Waals surface area (Å²) in [6.07, 6.45) is 9.22. The van der Waals surface area contributed by atoms with Crippen LogP contribution in [0, 0.1) is 11.8 Å². The molecule has 4 N–H and O–H groups in total. The molecule has 2 aliphatic rings. The first-order valence-electron chi connectivity index (χ1n) is 6.66. The molecule has 0 heterocycles. The largest absolute Gasteiger partial charge is 0.327 e. The third-order valence-electron chi connectivity index (χ3n) is 4.17. The zero-order chi connectivity index (χ0) is 11.3. The Balaban J connectivity index is 0. The van der Waals surface area contributed by atoms with Crippen molar-refractivity contribution in [3.63, 3.8) is 0 Å². The van der Waals surface area contributed by atoms with Crippen LogP contribution in [-0.2, 0) is 0 Å². The molecule has 0 aromatic carbocycles. The number of nitrogens with two attached hydrogens (primary N) is 2. The molecule has 4 atom stereocenters. The van der Waals surface area contributed by atoms with Gasteiger partial charge in [-0.05, 0) is 37.5 Å². The van der Waals surface area contributed by atoms with E-state index in [4.69, 9.17) is 11.5 Å². The van der Waals surface area contributed by atoms with Gasteiger partial charge in [0.1, 0.15) is 0 Å². The number of halogens is 2. The Morgan fingerprint density at radius 2 is 1.41 bits per heavy atom. The van der Waals surface area contributed by atoms with E-state index in [1.165, 1.54) is 44.9 Å². The van der Waals surface area contributed by atoms with Crippen LogP contribution in [0.4, 0.5) is 0 Å². The van der Waals surface area contributed by atoms with E-state index in [1.54, 1.807) is 0 Å². The fourth-order valence-electron chi connectivity index (χ4n) is 2.75. The van der Waals surface area contributed by atoms with Gasteiger partial charge in [-0.1, -0.05) is 33.1 Å². The molecule has 0 amide bonds. The zero-order valence-electron chi connectivity index (χ0n) is 11.2. The van der Waals surface area contributed by atoms with E-state index >= 15 is 0 Å². The van der Waals surface area contributed by atoms with E-state index in [2.05, 4.69) is 13.8 Å². The number of hydrogen-bond acceptors (Lipinski definition) is 2. The predicted molar refractivity (Wildman–Crippen MR) is 81.1 cm³/mol. The van der Waals surface area contributed by atoms with Crippen LogP contribution in [0.1, 0.15) is 58.8 Å². The molecular formula is C13H30Cl2N2. The molecule has 0 bridgehead atoms. The molecule has 0 unspecified atom stereocenters. The van der Waals surface area contributed by atoms with Gasteiger partial charge in [0.25, 0.3) is 0 Å². The van der Waals surface area contributed by atoms with E-state index in [1.807, 2.05) is 0 Å². The summed E-state index contributed by atoms with van der Waals surface area (Å²) in [5.41, 5.74) is 11.5. The highest BCUT2D eigenvalue weighted by Gasteiger charge is 2.21. The molecule has 2 aliphatic carbocycles. The quantitative estimate of drug-likeness (QED) is 0.774. The number of hydrogen-bond donors (Lipinski definition) is 2. The van der Waals surface area contributed by atoms with E-state index in [0.717, 1.165) is 11.8 Å². The van der Waals surface area contributed by atoms with Gasteiger partial charge >= 0.3 is 0 Å². The first-order valence-corrected chi connectivity index (χ1v) is 6.66. The highest BCUT2D eigenvalue weighted by atomic mass is 35.5. The van der Waals surface area contributed by atoms with E-state index in [-0.39, 0.29) is 24.8 Å². The maximum absolute atomic E-state index is 5.79. The fourth-order valence-corrected chi connectivity index (χ4v) is 2.75. The summed E-state index contributed by atoms with van der Waals surface area (Å²) in [6.45, 7) is 4.47. The van der Waals surface area contributed by atoms with Crippen LogP contribution in [0.15, 0.2) is 0 Å². The smallest absolute Gasteiger partial charge is 0.00670 e. The molecule has 0 aliphatic heterocycles. The van der Waals surface area contributed by atoms with Crippen LogP contribution in [0.25, 0.3) is 0 Å². The Kier molecular flexibility index (Phi) is 12.2. The number of rotatable bonds is 1. The Morgan fingerprint density at radius 3 is 1.59 bits per heavy atom. The second kappa shape index (κ2) is 10.4. The van der Waals surface area contributed by atoms with Crippen molar-refractivity contribution in [2.24, 2.45) is 23.3 Å². The highest BCUT2D eigenvalue weighted by Crippen LogP contribution is 2.25. The Morgan fingerprint density at radius 1 is 0.882 bits per heavy atom. The minimum absolute atomic E-state index is 0. The van der Waals surface area contributed by atoms with Gasteiger partial charge in [0.05, 0.1) is 0 Å². The fraction of sp³-hybridized carbons (Fsp3) is 1.00. The van der Waals surface area contributed by atoms with Crippen molar-refractivity contribution in [3.8, 4) is 0 Å². The molecule has 0 saturated heterocycles. The molecule has 2 saturated carbocycles. The minimum Gasteiger partial charge on any atom is -0.327 e. The molecule has 106 valence electrons. The second-order valence-corrected chi connectivity index (χ2v) is 5.34. The van der Waals surface area contributed by atoms with E-state index in [0.29, 0.717) is 12.1 Å². The lowest BCUT2D eigenvalue weighted by Gasteiger charge is -2.10. The van der Waals surface area contributed by atoms with Gasteiger partial charge in [-0.15, -0.1) is 24.8 Å². The molecule has 4 heteroatoms. The third-order valence-corrected chi connectivity index (χ3v) is 4.17. The van der Waals surface area contributed by atoms with E-state index in [9.17, 15) is 0 Å². The molecule has 2 fully saturated rings. The molecule has 2 nitrogen and oxygen atoms in total. The summed E-state index contributed by atoms with van der Waals surface area (Å²) in [4.78, 5) is 0. The van der Waals surface area contributed by atoms with Gasteiger partial charge in [-0.25, -0.2) is 0 Å². The Hall–Kier alpha value is 0.500. The van der Waals surface area contributed by atoms with Crippen molar-refractivity contribution in [3.05, 3.63) is 0 Å². The van der Waals surface area contributed by atoms with Crippen LogP contribution in [0.3, 0.4) is 0 Å². The summed E-state index contributed by atoms with van der Waals surface area (Å²) in [5, 5.41) is 0. The van der Waals surface area contributed by atoms with Crippen LogP contribution in [-0.4, -0.2) is 12.1 Å². The topological polar surface area (TPSA) is 52.0 Å². The predicted octanol–water partition coefficient (Wildman–Crippen LogP) is 3.50. The average Bonchev–Trinajstić information content (AvgIpc) is 2.78. The van der Waals surface area contributed by atoms with Crippen molar-refractivity contribution in [1.29, 1.82) is 0 Å². The standard InChI is InChI=1S/C7H15N.C6H13N.2ClH/c1-2-6-4-3-5-7(6)8;1-5-3-2-4-6(5)7;;/h6-7H,2-5,8H2,1H3;5-6H,2-4,7H2,1H3;2*1H/t6-,7-;5-,6-;;/m11../s1. The zero-order valence-corrected chi connectivity index (χ0v) is 12.9. The lowest BCUT2D eigenvalue weighted by molar-refractivity contribution is 0.467. The maximum atomic E-state index is 5.79. The van der Waals surface area contributed by atoms with Crippen LogP contribution >= 0.6 is 24.8 Å². The van der Waals surface area contributed by atoms with Gasteiger partial charge in [-0.3, -0.25) is 0 Å². The summed E-state index contributed by atoms with van der Waals surface area (Å²) in [7, 11) is 0. The monoisotopic (exact) mass is 284 g/mol. The van der Waals surface area contributed by atoms with Gasteiger partial charge in [0.2, 0.25) is 0 Å². The third kappa shape index (κ3) is 6.85. The molecule has 0 radical (unpaired) electrons. The summed E-state index contributed by atoms with van der Waals surface area (Å²) < 4.78 is 0. The van der Waals surface area contributed by atoms with Gasteiger partial charge in [0.15, 0.2) is 0 Å². The minimum atomic E-state index is 0. The molecule has 2 rings (SSSR count). The molecule has 0 aromatic heterocycles. The lowest BCUT2D eigenvalue weighted by Crippen LogP contribution is -2.23. The highest BCUT2D eigenvalue weighted by molar-refractivity contribution is 5.85. The first-order chi connectivity index (χ1) is 7.15. The molecular weight excluding hydrogens is 255 g/mol. The normalized spacial score (nSPS) is 35.3. The van der Waals surface area contributed by atoms with Crippen LogP contribution < -0.4 is 11.5 Å². The van der Waals surface area contributed by atoms with Crippen molar-refractivity contribution >= 4 is 24.8 Å². The molecule has 17 heavy (non-hydrogen) atoms. The maximum Gasteiger partial charge on any atom is 0.00670 e. The van der Waals surface area contributed by atoms with E-state index < -0.39 is 0 Å². The Labute approximate surface area is 119 Å². The molecule has 0 aromatic rings. The SMILES string of the molecule is CC[C@@H]1CCC[C@H]1N.C[C@@H]1CCC[C@H]1N.Cl.Cl. The van der Waals surface area contributed by atoms with Crippen molar-refractivity contribution < 1.29 is 0 Å². The van der Waals surface area contributed by atoms with Gasteiger partial charge in [0, 0.05) is 12.1 Å². The Bertz CT molecular complexity index is 171. The van der Waals surface area contributed by atoms with Crippen molar-refractivity contribution in [2.45, 2.75) is 70.9 Å². The molecule has 0 spiro atoms. The second-order valence-electron chi connectivity index (χ2n) is 5.34. The summed E-state index contributed by atoms with van der Waals surface area (Å²) >= 11 is 0. The lowest BCUT2D eigenvalue weighted by atomic mass is 10.0. The van der Waals surface area contributed by atoms with Crippen molar-refractivity contribution in [2.75, 3.05) is 0 Å². The van der Waals surface area contributed by atoms with Gasteiger partial charge in [-0.2, -0.15) is 0 Å². The van der Waals surface area contributed by atoms with Crippen LogP contribution in [0.2, 0.25) is 0 Å².